The van der Waals surface area contributed by atoms with Crippen LogP contribution < -0.4 is 0 Å². The molecule has 3 heteroatoms. The Balaban J connectivity index is 2.71. The van der Waals surface area contributed by atoms with Crippen LogP contribution in [0.25, 0.3) is 10.8 Å². The van der Waals surface area contributed by atoms with Crippen LogP contribution in [0, 0.1) is 0 Å². The van der Waals surface area contributed by atoms with Crippen molar-refractivity contribution in [3.63, 3.8) is 0 Å². The lowest BCUT2D eigenvalue weighted by atomic mass is 10.1. The zero-order valence-corrected chi connectivity index (χ0v) is 6.70. The van der Waals surface area contributed by atoms with Gasteiger partial charge >= 0.3 is 0 Å². The minimum atomic E-state index is -0.638. The zero-order valence-electron chi connectivity index (χ0n) is 6.70. The highest BCUT2D eigenvalue weighted by Gasteiger charge is 2.10. The number of H-pyrrole nitrogens is 1. The fourth-order valence-corrected chi connectivity index (χ4v) is 1.32. The van der Waals surface area contributed by atoms with Gasteiger partial charge in [0.15, 0.2) is 0 Å². The topological polar surface area (TPSA) is 49.9 Å². The molecule has 0 atom stereocenters. The monoisotopic (exact) mass is 172 g/mol. The summed E-state index contributed by atoms with van der Waals surface area (Å²) in [5, 5.41) is 1.68. The summed E-state index contributed by atoms with van der Waals surface area (Å²) in [6, 6.07) is 7.34. The van der Waals surface area contributed by atoms with Gasteiger partial charge in [-0.15, -0.1) is 0 Å². The van der Waals surface area contributed by atoms with Crippen LogP contribution in [0.15, 0.2) is 30.5 Å². The fraction of sp³-hybridized carbons (Fsp3) is 0. The molecule has 1 heterocycles. The third kappa shape index (κ3) is 1.14. The molecule has 0 unspecified atom stereocenters. The number of aromatic nitrogens is 1. The van der Waals surface area contributed by atoms with E-state index in [4.69, 9.17) is 0 Å². The van der Waals surface area contributed by atoms with Crippen molar-refractivity contribution in [1.82, 2.24) is 4.98 Å². The van der Waals surface area contributed by atoms with Crippen LogP contribution >= 0.6 is 0 Å². The quantitative estimate of drug-likeness (QED) is 0.550. The zero-order chi connectivity index (χ0) is 9.26. The molecule has 1 aromatic heterocycles. The Morgan fingerprint density at radius 3 is 2.85 bits per heavy atom. The van der Waals surface area contributed by atoms with E-state index >= 15 is 0 Å². The Bertz CT molecular complexity index is 470. The van der Waals surface area contributed by atoms with Gasteiger partial charge in [-0.2, -0.15) is 0 Å². The average Bonchev–Trinajstić information content (AvgIpc) is 2.60. The van der Waals surface area contributed by atoms with Crippen LogP contribution in [-0.2, 0) is 4.79 Å². The van der Waals surface area contributed by atoms with E-state index in [0.29, 0.717) is 5.69 Å². The number of nitrogens with one attached hydrogen (secondary N) is 1. The number of Topliss-reactive ketones (excluding diaryl/α,β-unsaturated/α-hetero) is 1. The molecule has 0 aliphatic rings. The summed E-state index contributed by atoms with van der Waals surface area (Å²) < 4.78 is 0. The number of rotatable bonds is 2. The molecule has 0 fully saturated rings. The first-order valence-electron chi connectivity index (χ1n) is 3.81. The van der Waals surface area contributed by atoms with Gasteiger partial charge in [-0.05, 0) is 5.39 Å². The van der Waals surface area contributed by atoms with Gasteiger partial charge in [-0.25, -0.2) is 0 Å². The lowest BCUT2D eigenvalue weighted by Gasteiger charge is -1.89. The van der Waals surface area contributed by atoms with Crippen molar-refractivity contribution < 1.29 is 9.59 Å². The highest BCUT2D eigenvalue weighted by atomic mass is 16.2. The molecule has 0 saturated carbocycles. The molecule has 0 aliphatic carbocycles. The van der Waals surface area contributed by atoms with Gasteiger partial charge in [0.2, 0.25) is 0 Å². The van der Waals surface area contributed by atoms with E-state index in [0.717, 1.165) is 10.8 Å². The second-order valence-electron chi connectivity index (χ2n) is 2.68. The number of carbonyl (C=O) groups is 1. The van der Waals surface area contributed by atoms with Crippen molar-refractivity contribution >= 4 is 22.8 Å². The molecule has 0 amide bonds. The van der Waals surface area contributed by atoms with Crippen LogP contribution in [-0.4, -0.2) is 17.1 Å². The van der Waals surface area contributed by atoms with Crippen molar-refractivity contribution in [2.75, 3.05) is 0 Å². The molecular weight excluding hydrogens is 166 g/mol. The Labute approximate surface area is 74.4 Å². The normalized spacial score (nSPS) is 10.2. The van der Waals surface area contributed by atoms with Crippen molar-refractivity contribution in [2.45, 2.75) is 0 Å². The highest BCUT2D eigenvalue weighted by molar-refractivity contribution is 6.35. The maximum Gasteiger partial charge on any atom is 0.279 e. The Morgan fingerprint density at radius 2 is 2.08 bits per heavy atom. The third-order valence-electron chi connectivity index (χ3n) is 1.92. The van der Waals surface area contributed by atoms with E-state index in [2.05, 4.69) is 4.98 Å². The number of benzene rings is 1. The summed E-state index contributed by atoms with van der Waals surface area (Å²) in [4.78, 5) is 23.9. The first-order chi connectivity index (χ1) is 6.33. The van der Waals surface area contributed by atoms with E-state index in [1.807, 2.05) is 18.2 Å². The molecule has 1 N–H and O–H groups in total. The van der Waals surface area contributed by atoms with Gasteiger partial charge in [-0.1, -0.05) is 24.3 Å². The van der Waals surface area contributed by atoms with Gasteiger partial charge < -0.3 is 4.98 Å². The van der Waals surface area contributed by atoms with Crippen molar-refractivity contribution in [3.05, 3.63) is 36.2 Å². The lowest BCUT2D eigenvalue weighted by molar-refractivity contribution is 0.105. The number of ketones is 1. The molecule has 0 aliphatic heterocycles. The largest absolute Gasteiger partial charge is 0.357 e. The molecular formula is C10H6NO2. The molecule has 0 saturated heterocycles. The Hall–Kier alpha value is -1.90. The van der Waals surface area contributed by atoms with Gasteiger partial charge in [0.1, 0.15) is 0 Å². The standard InChI is InChI=1S/C10H6NO2/c12-6-9(13)10-8-4-2-1-3-7(8)5-11-10/h1-5,11H. The van der Waals surface area contributed by atoms with Gasteiger partial charge in [-0.3, -0.25) is 9.59 Å². The number of aromatic amines is 1. The number of hydrogen-bond acceptors (Lipinski definition) is 2. The Kier molecular flexibility index (Phi) is 1.70. The molecule has 63 valence electrons. The van der Waals surface area contributed by atoms with Crippen LogP contribution in [0.5, 0.6) is 0 Å². The van der Waals surface area contributed by atoms with E-state index in [-0.39, 0.29) is 0 Å². The summed E-state index contributed by atoms with van der Waals surface area (Å²) in [6.45, 7) is 0. The minimum Gasteiger partial charge on any atom is -0.357 e. The van der Waals surface area contributed by atoms with Crippen molar-refractivity contribution in [1.29, 1.82) is 0 Å². The van der Waals surface area contributed by atoms with E-state index in [1.165, 1.54) is 6.29 Å². The average molecular weight is 172 g/mol. The SMILES string of the molecule is O=[C]C(=O)c1[nH]cc2ccccc12. The first kappa shape index (κ1) is 7.73. The maximum atomic E-state index is 11.0. The molecule has 0 spiro atoms. The van der Waals surface area contributed by atoms with E-state index in [1.54, 1.807) is 12.3 Å². The summed E-state index contributed by atoms with van der Waals surface area (Å²) in [5.41, 5.74) is 0.311. The predicted octanol–water partition coefficient (Wildman–Crippen LogP) is 1.46. The molecule has 2 rings (SSSR count). The smallest absolute Gasteiger partial charge is 0.279 e. The minimum absolute atomic E-state index is 0.311. The van der Waals surface area contributed by atoms with Gasteiger partial charge in [0.05, 0.1) is 5.69 Å². The number of carbonyl (C=O) groups excluding carboxylic acids is 2. The summed E-state index contributed by atoms with van der Waals surface area (Å²) in [6.07, 6.45) is 3.03. The van der Waals surface area contributed by atoms with Crippen molar-refractivity contribution in [3.8, 4) is 0 Å². The Morgan fingerprint density at radius 1 is 1.31 bits per heavy atom. The van der Waals surface area contributed by atoms with E-state index in [9.17, 15) is 9.59 Å². The molecule has 3 nitrogen and oxygen atoms in total. The highest BCUT2D eigenvalue weighted by Crippen LogP contribution is 2.17. The van der Waals surface area contributed by atoms with Crippen LogP contribution in [0.1, 0.15) is 10.5 Å². The summed E-state index contributed by atoms with van der Waals surface area (Å²) in [7, 11) is 0. The number of hydrogen-bond donors (Lipinski definition) is 1. The second kappa shape index (κ2) is 2.86. The predicted molar refractivity (Wildman–Crippen MR) is 48.3 cm³/mol. The van der Waals surface area contributed by atoms with Crippen LogP contribution in [0.4, 0.5) is 0 Å². The summed E-state index contributed by atoms with van der Waals surface area (Å²) >= 11 is 0. The second-order valence-corrected chi connectivity index (χ2v) is 2.68. The summed E-state index contributed by atoms with van der Waals surface area (Å²) in [5.74, 6) is -0.638. The molecule has 1 radical (unpaired) electrons. The molecule has 0 bridgehead atoms. The molecule has 13 heavy (non-hydrogen) atoms. The van der Waals surface area contributed by atoms with Gasteiger partial charge in [0, 0.05) is 11.6 Å². The van der Waals surface area contributed by atoms with E-state index < -0.39 is 5.78 Å². The molecule has 2 aromatic rings. The van der Waals surface area contributed by atoms with Crippen LogP contribution in [0.3, 0.4) is 0 Å². The molecule has 1 aromatic carbocycles. The lowest BCUT2D eigenvalue weighted by Crippen LogP contribution is -1.99. The third-order valence-corrected chi connectivity index (χ3v) is 1.92. The van der Waals surface area contributed by atoms with Gasteiger partial charge in [0.25, 0.3) is 12.1 Å². The van der Waals surface area contributed by atoms with Crippen LogP contribution in [0.2, 0.25) is 0 Å². The maximum absolute atomic E-state index is 11.0. The first-order valence-corrected chi connectivity index (χ1v) is 3.81. The fourth-order valence-electron chi connectivity index (χ4n) is 1.32. The number of fused-ring (bicyclic) bond motifs is 1. The van der Waals surface area contributed by atoms with Crippen molar-refractivity contribution in [2.24, 2.45) is 0 Å².